The van der Waals surface area contributed by atoms with E-state index in [2.05, 4.69) is 15.1 Å². The molecule has 1 atom stereocenters. The predicted molar refractivity (Wildman–Crippen MR) is 93.9 cm³/mol. The molecule has 0 aliphatic carbocycles. The highest BCUT2D eigenvalue weighted by atomic mass is 35.5. The molecule has 2 fully saturated rings. The zero-order valence-corrected chi connectivity index (χ0v) is 14.5. The van der Waals surface area contributed by atoms with Crippen molar-refractivity contribution in [3.63, 3.8) is 0 Å². The summed E-state index contributed by atoms with van der Waals surface area (Å²) in [5.41, 5.74) is 1.11. The molecule has 0 spiro atoms. The van der Waals surface area contributed by atoms with Crippen molar-refractivity contribution < 1.29 is 0 Å². The van der Waals surface area contributed by atoms with Gasteiger partial charge in [0.25, 0.3) is 0 Å². The Balaban J connectivity index is 1.84. The Bertz CT molecular complexity index is 463. The van der Waals surface area contributed by atoms with Gasteiger partial charge in [0, 0.05) is 48.3 Å². The van der Waals surface area contributed by atoms with Crippen LogP contribution in [0.1, 0.15) is 30.9 Å². The molecule has 3 nitrogen and oxygen atoms in total. The molecule has 1 aromatic rings. The molecule has 2 aliphatic heterocycles. The molecular formula is C17H25Cl2N3. The molecule has 0 radical (unpaired) electrons. The van der Waals surface area contributed by atoms with Crippen molar-refractivity contribution in [1.82, 2.24) is 15.1 Å². The molecule has 1 aromatic carbocycles. The first kappa shape index (κ1) is 16.5. The number of benzene rings is 1. The Hall–Kier alpha value is -0.320. The van der Waals surface area contributed by atoms with Gasteiger partial charge in [0.05, 0.1) is 6.04 Å². The molecule has 3 rings (SSSR count). The number of halogens is 2. The second-order valence-electron chi connectivity index (χ2n) is 6.30. The lowest BCUT2D eigenvalue weighted by Gasteiger charge is -2.39. The van der Waals surface area contributed by atoms with E-state index in [1.165, 1.54) is 32.4 Å². The van der Waals surface area contributed by atoms with E-state index in [-0.39, 0.29) is 0 Å². The van der Waals surface area contributed by atoms with Crippen molar-refractivity contribution in [3.8, 4) is 0 Å². The van der Waals surface area contributed by atoms with Gasteiger partial charge >= 0.3 is 0 Å². The van der Waals surface area contributed by atoms with Crippen LogP contribution in [0.15, 0.2) is 18.2 Å². The first-order valence-electron chi connectivity index (χ1n) is 8.37. The second kappa shape index (κ2) is 7.98. The summed E-state index contributed by atoms with van der Waals surface area (Å²) in [7, 11) is 0. The Kier molecular flexibility index (Phi) is 6.00. The van der Waals surface area contributed by atoms with Crippen LogP contribution >= 0.6 is 23.2 Å². The zero-order valence-electron chi connectivity index (χ0n) is 13.0. The van der Waals surface area contributed by atoms with Crippen molar-refractivity contribution in [3.05, 3.63) is 33.8 Å². The standard InChI is InChI=1S/C17H25Cl2N3/c18-14-5-4-6-15(19)17(14)16(22-11-7-20-8-12-22)13-21-9-2-1-3-10-21/h4-6,16,20H,1-3,7-13H2. The minimum Gasteiger partial charge on any atom is -0.314 e. The van der Waals surface area contributed by atoms with Crippen molar-refractivity contribution >= 4 is 23.2 Å². The van der Waals surface area contributed by atoms with Gasteiger partial charge in [0.15, 0.2) is 0 Å². The lowest BCUT2D eigenvalue weighted by atomic mass is 10.0. The number of likely N-dealkylation sites (tertiary alicyclic amines) is 1. The second-order valence-corrected chi connectivity index (χ2v) is 7.11. The van der Waals surface area contributed by atoms with E-state index in [9.17, 15) is 0 Å². The van der Waals surface area contributed by atoms with E-state index in [1.54, 1.807) is 0 Å². The van der Waals surface area contributed by atoms with Crippen molar-refractivity contribution in [2.24, 2.45) is 0 Å². The fraction of sp³-hybridized carbons (Fsp3) is 0.647. The molecule has 0 bridgehead atoms. The number of hydrogen-bond acceptors (Lipinski definition) is 3. The average Bonchev–Trinajstić information content (AvgIpc) is 2.55. The molecular weight excluding hydrogens is 317 g/mol. The topological polar surface area (TPSA) is 18.5 Å². The molecule has 2 heterocycles. The molecule has 0 amide bonds. The molecule has 1 unspecified atom stereocenters. The normalized spacial score (nSPS) is 22.6. The van der Waals surface area contributed by atoms with Gasteiger partial charge in [-0.25, -0.2) is 0 Å². The molecule has 0 saturated carbocycles. The van der Waals surface area contributed by atoms with Gasteiger partial charge in [-0.05, 0) is 38.1 Å². The lowest BCUT2D eigenvalue weighted by molar-refractivity contribution is 0.114. The van der Waals surface area contributed by atoms with Crippen LogP contribution in [-0.2, 0) is 0 Å². The molecule has 0 aromatic heterocycles. The van der Waals surface area contributed by atoms with Crippen LogP contribution in [0.2, 0.25) is 10.0 Å². The minimum absolute atomic E-state index is 0.293. The summed E-state index contributed by atoms with van der Waals surface area (Å²) < 4.78 is 0. The lowest BCUT2D eigenvalue weighted by Crippen LogP contribution is -2.48. The first-order valence-corrected chi connectivity index (χ1v) is 9.12. The Morgan fingerprint density at radius 2 is 1.59 bits per heavy atom. The van der Waals surface area contributed by atoms with Gasteiger partial charge in [-0.1, -0.05) is 35.7 Å². The monoisotopic (exact) mass is 341 g/mol. The number of piperazine rings is 1. The summed E-state index contributed by atoms with van der Waals surface area (Å²) >= 11 is 13.0. The molecule has 122 valence electrons. The third kappa shape index (κ3) is 3.95. The van der Waals surface area contributed by atoms with E-state index >= 15 is 0 Å². The predicted octanol–water partition coefficient (Wildman–Crippen LogP) is 3.43. The number of nitrogens with zero attached hydrogens (tertiary/aromatic N) is 2. The maximum Gasteiger partial charge on any atom is 0.0505 e. The van der Waals surface area contributed by atoms with Crippen LogP contribution in [0.5, 0.6) is 0 Å². The van der Waals surface area contributed by atoms with Gasteiger partial charge in [-0.3, -0.25) is 4.90 Å². The summed E-state index contributed by atoms with van der Waals surface area (Å²) in [6.07, 6.45) is 3.98. The molecule has 2 aliphatic rings. The van der Waals surface area contributed by atoms with Gasteiger partial charge in [-0.2, -0.15) is 0 Å². The van der Waals surface area contributed by atoms with Crippen LogP contribution in [0.25, 0.3) is 0 Å². The SMILES string of the molecule is Clc1cccc(Cl)c1C(CN1CCCCC1)N1CCNCC1. The number of nitrogens with one attached hydrogen (secondary N) is 1. The smallest absolute Gasteiger partial charge is 0.0505 e. The zero-order chi connectivity index (χ0) is 15.4. The molecule has 1 N–H and O–H groups in total. The van der Waals surface area contributed by atoms with Crippen molar-refractivity contribution in [2.75, 3.05) is 45.8 Å². The van der Waals surface area contributed by atoms with Gasteiger partial charge in [0.1, 0.15) is 0 Å². The molecule has 22 heavy (non-hydrogen) atoms. The van der Waals surface area contributed by atoms with E-state index in [1.807, 2.05) is 18.2 Å². The van der Waals surface area contributed by atoms with Gasteiger partial charge < -0.3 is 10.2 Å². The fourth-order valence-electron chi connectivity index (χ4n) is 3.60. The summed E-state index contributed by atoms with van der Waals surface area (Å²) in [6.45, 7) is 7.62. The van der Waals surface area contributed by atoms with Crippen LogP contribution in [0.4, 0.5) is 0 Å². The van der Waals surface area contributed by atoms with Crippen molar-refractivity contribution in [2.45, 2.75) is 25.3 Å². The summed E-state index contributed by atoms with van der Waals surface area (Å²) in [4.78, 5) is 5.12. The highest BCUT2D eigenvalue weighted by Gasteiger charge is 2.28. The van der Waals surface area contributed by atoms with Crippen LogP contribution in [0.3, 0.4) is 0 Å². The molecule has 2 saturated heterocycles. The largest absolute Gasteiger partial charge is 0.314 e. The quantitative estimate of drug-likeness (QED) is 0.905. The van der Waals surface area contributed by atoms with E-state index < -0.39 is 0 Å². The summed E-state index contributed by atoms with van der Waals surface area (Å²) in [5, 5.41) is 5.03. The summed E-state index contributed by atoms with van der Waals surface area (Å²) in [5.74, 6) is 0. The fourth-order valence-corrected chi connectivity index (χ4v) is 4.25. The number of rotatable bonds is 4. The Morgan fingerprint density at radius 3 is 2.23 bits per heavy atom. The van der Waals surface area contributed by atoms with Crippen LogP contribution < -0.4 is 5.32 Å². The number of piperidine rings is 1. The van der Waals surface area contributed by atoms with Crippen LogP contribution in [0, 0.1) is 0 Å². The van der Waals surface area contributed by atoms with E-state index in [0.29, 0.717) is 6.04 Å². The highest BCUT2D eigenvalue weighted by molar-refractivity contribution is 6.36. The third-order valence-corrected chi connectivity index (χ3v) is 5.46. The van der Waals surface area contributed by atoms with E-state index in [0.717, 1.165) is 48.3 Å². The Labute approximate surface area is 143 Å². The number of hydrogen-bond donors (Lipinski definition) is 1. The van der Waals surface area contributed by atoms with E-state index in [4.69, 9.17) is 23.2 Å². The van der Waals surface area contributed by atoms with Gasteiger partial charge in [0.2, 0.25) is 0 Å². The highest BCUT2D eigenvalue weighted by Crippen LogP contribution is 2.34. The molecule has 5 heteroatoms. The minimum atomic E-state index is 0.293. The van der Waals surface area contributed by atoms with Crippen LogP contribution in [-0.4, -0.2) is 55.6 Å². The Morgan fingerprint density at radius 1 is 0.955 bits per heavy atom. The average molecular weight is 342 g/mol. The first-order chi connectivity index (χ1) is 10.8. The van der Waals surface area contributed by atoms with Gasteiger partial charge in [-0.15, -0.1) is 0 Å². The maximum absolute atomic E-state index is 6.52. The van der Waals surface area contributed by atoms with Crippen molar-refractivity contribution in [1.29, 1.82) is 0 Å². The third-order valence-electron chi connectivity index (χ3n) is 4.81. The summed E-state index contributed by atoms with van der Waals surface area (Å²) in [6, 6.07) is 6.16. The maximum atomic E-state index is 6.52.